The molecule has 3 rings (SSSR count). The molecule has 0 aliphatic carbocycles. The molecule has 2 aromatic rings. The topological polar surface area (TPSA) is 52.7 Å². The Morgan fingerprint density at radius 2 is 1.57 bits per heavy atom. The SMILES string of the molecule is Cc1cccc(C)c1NC(=O)CN1CCN(C(=O)c2cccc(C(F)(F)F)c2)CC1. The predicted octanol–water partition coefficient (Wildman–Crippen LogP) is 3.72. The van der Waals surface area contributed by atoms with Crippen molar-refractivity contribution in [1.29, 1.82) is 0 Å². The lowest BCUT2D eigenvalue weighted by atomic mass is 10.1. The van der Waals surface area contributed by atoms with Gasteiger partial charge in [-0.05, 0) is 43.2 Å². The van der Waals surface area contributed by atoms with E-state index in [1.165, 1.54) is 17.0 Å². The highest BCUT2D eigenvalue weighted by atomic mass is 19.4. The molecule has 0 saturated carbocycles. The minimum Gasteiger partial charge on any atom is -0.336 e. The molecular weight excluding hydrogens is 395 g/mol. The second-order valence-corrected chi connectivity index (χ2v) is 7.46. The lowest BCUT2D eigenvalue weighted by molar-refractivity contribution is -0.137. The zero-order valence-corrected chi connectivity index (χ0v) is 16.9. The van der Waals surface area contributed by atoms with Crippen LogP contribution in [-0.2, 0) is 11.0 Å². The zero-order valence-electron chi connectivity index (χ0n) is 16.9. The summed E-state index contributed by atoms with van der Waals surface area (Å²) in [6.45, 7) is 5.72. The maximum absolute atomic E-state index is 12.9. The molecule has 0 bridgehead atoms. The summed E-state index contributed by atoms with van der Waals surface area (Å²) >= 11 is 0. The minimum atomic E-state index is -4.49. The highest BCUT2D eigenvalue weighted by molar-refractivity contribution is 5.95. The van der Waals surface area contributed by atoms with Crippen LogP contribution >= 0.6 is 0 Å². The molecular formula is C22H24F3N3O2. The van der Waals surface area contributed by atoms with Gasteiger partial charge in [-0.1, -0.05) is 24.3 Å². The number of aryl methyl sites for hydroxylation is 2. The zero-order chi connectivity index (χ0) is 21.9. The molecule has 0 aromatic heterocycles. The molecule has 0 atom stereocenters. The molecule has 2 amide bonds. The number of nitrogens with zero attached hydrogens (tertiary/aromatic N) is 2. The van der Waals surface area contributed by atoms with Crippen molar-refractivity contribution in [2.45, 2.75) is 20.0 Å². The number of rotatable bonds is 4. The molecule has 1 aliphatic heterocycles. The van der Waals surface area contributed by atoms with Crippen molar-refractivity contribution in [2.24, 2.45) is 0 Å². The average molecular weight is 419 g/mol. The van der Waals surface area contributed by atoms with Gasteiger partial charge < -0.3 is 10.2 Å². The Hall–Kier alpha value is -2.87. The summed E-state index contributed by atoms with van der Waals surface area (Å²) in [5.74, 6) is -0.564. The lowest BCUT2D eigenvalue weighted by Gasteiger charge is -2.34. The minimum absolute atomic E-state index is 0.0195. The van der Waals surface area contributed by atoms with Gasteiger partial charge in [0, 0.05) is 37.4 Å². The summed E-state index contributed by atoms with van der Waals surface area (Å²) in [4.78, 5) is 28.5. The first-order valence-electron chi connectivity index (χ1n) is 9.70. The van der Waals surface area contributed by atoms with Crippen LogP contribution in [0.25, 0.3) is 0 Å². The Morgan fingerprint density at radius 1 is 0.967 bits per heavy atom. The maximum atomic E-state index is 12.9. The number of alkyl halides is 3. The van der Waals surface area contributed by atoms with E-state index in [-0.39, 0.29) is 18.0 Å². The normalized spacial score (nSPS) is 15.2. The molecule has 2 aromatic carbocycles. The van der Waals surface area contributed by atoms with Crippen LogP contribution in [-0.4, -0.2) is 54.3 Å². The Kier molecular flexibility index (Phi) is 6.45. The number of amides is 2. The number of carbonyl (C=O) groups excluding carboxylic acids is 2. The summed E-state index contributed by atoms with van der Waals surface area (Å²) in [5, 5.41) is 2.94. The molecule has 5 nitrogen and oxygen atoms in total. The molecule has 1 N–H and O–H groups in total. The predicted molar refractivity (Wildman–Crippen MR) is 108 cm³/mol. The summed E-state index contributed by atoms with van der Waals surface area (Å²) in [5.41, 5.74) is 1.96. The molecule has 1 heterocycles. The molecule has 1 fully saturated rings. The standard InChI is InChI=1S/C22H24F3N3O2/c1-15-5-3-6-16(2)20(15)26-19(29)14-27-9-11-28(12-10-27)21(30)17-7-4-8-18(13-17)22(23,24)25/h3-8,13H,9-12,14H2,1-2H3,(H,26,29). The fourth-order valence-corrected chi connectivity index (χ4v) is 3.51. The van der Waals surface area contributed by atoms with Gasteiger partial charge in [0.05, 0.1) is 12.1 Å². The molecule has 1 saturated heterocycles. The summed E-state index contributed by atoms with van der Waals surface area (Å²) in [6, 6.07) is 10.3. The van der Waals surface area contributed by atoms with E-state index in [0.29, 0.717) is 26.2 Å². The van der Waals surface area contributed by atoms with E-state index in [0.717, 1.165) is 28.9 Å². The van der Waals surface area contributed by atoms with Gasteiger partial charge in [-0.3, -0.25) is 14.5 Å². The van der Waals surface area contributed by atoms with Crippen molar-refractivity contribution in [3.63, 3.8) is 0 Å². The van der Waals surface area contributed by atoms with Gasteiger partial charge in [0.2, 0.25) is 5.91 Å². The number of anilines is 1. The van der Waals surface area contributed by atoms with Crippen molar-refractivity contribution in [1.82, 2.24) is 9.80 Å². The first-order chi connectivity index (χ1) is 14.1. The summed E-state index contributed by atoms with van der Waals surface area (Å²) in [6.07, 6.45) is -4.49. The smallest absolute Gasteiger partial charge is 0.336 e. The third kappa shape index (κ3) is 5.18. The summed E-state index contributed by atoms with van der Waals surface area (Å²) in [7, 11) is 0. The second kappa shape index (κ2) is 8.87. The average Bonchev–Trinajstić information content (AvgIpc) is 2.70. The molecule has 8 heteroatoms. The number of nitrogens with one attached hydrogen (secondary N) is 1. The lowest BCUT2D eigenvalue weighted by Crippen LogP contribution is -2.50. The number of piperazine rings is 1. The van der Waals surface area contributed by atoms with Crippen LogP contribution < -0.4 is 5.32 Å². The molecule has 0 spiro atoms. The highest BCUT2D eigenvalue weighted by Gasteiger charge is 2.31. The van der Waals surface area contributed by atoms with Gasteiger partial charge in [0.15, 0.2) is 0 Å². The Morgan fingerprint density at radius 3 is 2.17 bits per heavy atom. The van der Waals surface area contributed by atoms with E-state index < -0.39 is 17.6 Å². The van der Waals surface area contributed by atoms with E-state index in [9.17, 15) is 22.8 Å². The van der Waals surface area contributed by atoms with E-state index in [2.05, 4.69) is 5.32 Å². The number of halogens is 3. The van der Waals surface area contributed by atoms with Crippen LogP contribution in [0.2, 0.25) is 0 Å². The van der Waals surface area contributed by atoms with E-state index in [1.54, 1.807) is 0 Å². The van der Waals surface area contributed by atoms with Gasteiger partial charge in [-0.25, -0.2) is 0 Å². The highest BCUT2D eigenvalue weighted by Crippen LogP contribution is 2.29. The van der Waals surface area contributed by atoms with Crippen LogP contribution in [0.4, 0.5) is 18.9 Å². The second-order valence-electron chi connectivity index (χ2n) is 7.46. The number of carbonyl (C=O) groups is 2. The monoisotopic (exact) mass is 419 g/mol. The van der Waals surface area contributed by atoms with Gasteiger partial charge >= 0.3 is 6.18 Å². The fourth-order valence-electron chi connectivity index (χ4n) is 3.51. The number of benzene rings is 2. The van der Waals surface area contributed by atoms with Gasteiger partial charge in [-0.2, -0.15) is 13.2 Å². The summed E-state index contributed by atoms with van der Waals surface area (Å²) < 4.78 is 38.6. The number of hydrogen-bond acceptors (Lipinski definition) is 3. The number of para-hydroxylation sites is 1. The van der Waals surface area contributed by atoms with Crippen LogP contribution in [0, 0.1) is 13.8 Å². The Balaban J connectivity index is 1.55. The van der Waals surface area contributed by atoms with E-state index >= 15 is 0 Å². The van der Waals surface area contributed by atoms with Gasteiger partial charge in [-0.15, -0.1) is 0 Å². The van der Waals surface area contributed by atoms with Crippen molar-refractivity contribution >= 4 is 17.5 Å². The fraction of sp³-hybridized carbons (Fsp3) is 0.364. The third-order valence-electron chi connectivity index (χ3n) is 5.21. The largest absolute Gasteiger partial charge is 0.416 e. The van der Waals surface area contributed by atoms with Crippen LogP contribution in [0.3, 0.4) is 0 Å². The van der Waals surface area contributed by atoms with Gasteiger partial charge in [0.25, 0.3) is 5.91 Å². The van der Waals surface area contributed by atoms with Crippen molar-refractivity contribution in [3.05, 3.63) is 64.7 Å². The maximum Gasteiger partial charge on any atom is 0.416 e. The van der Waals surface area contributed by atoms with Gasteiger partial charge in [0.1, 0.15) is 0 Å². The third-order valence-corrected chi connectivity index (χ3v) is 5.21. The molecule has 0 radical (unpaired) electrons. The number of hydrogen-bond donors (Lipinski definition) is 1. The molecule has 1 aliphatic rings. The Bertz CT molecular complexity index is 915. The molecule has 30 heavy (non-hydrogen) atoms. The molecule has 160 valence electrons. The first kappa shape index (κ1) is 21.8. The van der Waals surface area contributed by atoms with Crippen molar-refractivity contribution < 1.29 is 22.8 Å². The quantitative estimate of drug-likeness (QED) is 0.822. The van der Waals surface area contributed by atoms with Crippen molar-refractivity contribution in [2.75, 3.05) is 38.0 Å². The molecule has 0 unspecified atom stereocenters. The van der Waals surface area contributed by atoms with Crippen LogP contribution in [0.5, 0.6) is 0 Å². The first-order valence-corrected chi connectivity index (χ1v) is 9.70. The van der Waals surface area contributed by atoms with E-state index in [4.69, 9.17) is 0 Å². The van der Waals surface area contributed by atoms with Crippen LogP contribution in [0.15, 0.2) is 42.5 Å². The van der Waals surface area contributed by atoms with Crippen molar-refractivity contribution in [3.8, 4) is 0 Å². The van der Waals surface area contributed by atoms with Crippen LogP contribution in [0.1, 0.15) is 27.0 Å². The Labute approximate surface area is 173 Å². The van der Waals surface area contributed by atoms with E-state index in [1.807, 2.05) is 36.9 Å².